The van der Waals surface area contributed by atoms with Crippen molar-refractivity contribution in [3.8, 4) is 22.3 Å². The summed E-state index contributed by atoms with van der Waals surface area (Å²) in [6.45, 7) is 3.91. The molecule has 2 heterocycles. The molecule has 7 heteroatoms. The Morgan fingerprint density at radius 3 is 1.54 bits per heavy atom. The molecule has 3 aliphatic rings. The summed E-state index contributed by atoms with van der Waals surface area (Å²) in [7, 11) is 2.99. The number of hydrogen-bond donors (Lipinski definition) is 0. The summed E-state index contributed by atoms with van der Waals surface area (Å²) in [6, 6.07) is 22.8. The van der Waals surface area contributed by atoms with Gasteiger partial charge in [-0.05, 0) is 110 Å². The predicted octanol–water partition coefficient (Wildman–Crippen LogP) is 7.68. The van der Waals surface area contributed by atoms with E-state index in [1.54, 1.807) is 12.1 Å². The zero-order chi connectivity index (χ0) is 33.1. The van der Waals surface area contributed by atoms with Gasteiger partial charge in [-0.1, -0.05) is 42.0 Å². The summed E-state index contributed by atoms with van der Waals surface area (Å²) in [4.78, 5) is 70.4. The monoisotopic (exact) mass is 624 g/mol. The highest BCUT2D eigenvalue weighted by Gasteiger charge is 2.37. The van der Waals surface area contributed by atoms with Crippen molar-refractivity contribution < 1.29 is 24.0 Å². The molecule has 0 radical (unpaired) electrons. The zero-order valence-electron chi connectivity index (χ0n) is 26.4. The fourth-order valence-electron chi connectivity index (χ4n) is 8.50. The van der Waals surface area contributed by atoms with Gasteiger partial charge in [0.2, 0.25) is 0 Å². The van der Waals surface area contributed by atoms with Gasteiger partial charge in [-0.15, -0.1) is 0 Å². The van der Waals surface area contributed by atoms with E-state index in [4.69, 9.17) is 0 Å². The number of rotatable bonds is 1. The molecule has 4 amide bonds. The van der Waals surface area contributed by atoms with Crippen LogP contribution in [0.5, 0.6) is 0 Å². The van der Waals surface area contributed by atoms with Crippen LogP contribution in [0.15, 0.2) is 72.8 Å². The van der Waals surface area contributed by atoms with Crippen molar-refractivity contribution in [2.75, 3.05) is 14.1 Å². The maximum Gasteiger partial charge on any atom is 0.261 e. The molecule has 0 aromatic heterocycles. The van der Waals surface area contributed by atoms with E-state index >= 15 is 0 Å². The Morgan fingerprint density at radius 1 is 0.396 bits per heavy atom. The van der Waals surface area contributed by atoms with Crippen LogP contribution in [0.3, 0.4) is 0 Å². The molecule has 0 saturated carbocycles. The molecule has 7 aromatic rings. The van der Waals surface area contributed by atoms with Crippen molar-refractivity contribution in [2.24, 2.45) is 0 Å². The van der Waals surface area contributed by atoms with Gasteiger partial charge in [-0.25, -0.2) is 0 Å². The van der Waals surface area contributed by atoms with Crippen LogP contribution in [0.25, 0.3) is 65.3 Å². The maximum atomic E-state index is 13.9. The molecule has 0 atom stereocenters. The summed E-state index contributed by atoms with van der Waals surface area (Å²) in [6.07, 6.45) is 0. The van der Waals surface area contributed by atoms with E-state index in [2.05, 4.69) is 0 Å². The van der Waals surface area contributed by atoms with Gasteiger partial charge in [0.15, 0.2) is 5.78 Å². The van der Waals surface area contributed by atoms with Crippen LogP contribution in [0.2, 0.25) is 0 Å². The number of carbonyl (C=O) groups is 5. The SMILES string of the molecule is Cc1ccc2c(c1)C(=O)c1cc(-c3cc4c5c(ccc6c7c(C)cc8c9c(ccc(c3c56)c97)C(=O)N(C)C8=O)C(=O)N(C)C4=O)ccc1-2. The Bertz CT molecular complexity index is 2830. The Balaban J connectivity index is 1.41. The Kier molecular flexibility index (Phi) is 4.81. The number of ketones is 1. The van der Waals surface area contributed by atoms with Gasteiger partial charge in [-0.3, -0.25) is 33.8 Å². The normalized spacial score (nSPS) is 15.2. The first kappa shape index (κ1) is 27.0. The van der Waals surface area contributed by atoms with Crippen molar-refractivity contribution in [2.45, 2.75) is 13.8 Å². The van der Waals surface area contributed by atoms with Crippen molar-refractivity contribution in [3.63, 3.8) is 0 Å². The molecule has 228 valence electrons. The van der Waals surface area contributed by atoms with Crippen molar-refractivity contribution in [1.29, 1.82) is 0 Å². The highest BCUT2D eigenvalue weighted by molar-refractivity contribution is 6.43. The molecule has 2 aliphatic heterocycles. The Labute approximate surface area is 273 Å². The fraction of sp³-hybridized carbons (Fsp3) is 0.0976. The lowest BCUT2D eigenvalue weighted by molar-refractivity contribution is 0.0635. The molecule has 0 unspecified atom stereocenters. The minimum atomic E-state index is -0.399. The van der Waals surface area contributed by atoms with Crippen molar-refractivity contribution in [3.05, 3.63) is 117 Å². The number of hydrogen-bond acceptors (Lipinski definition) is 5. The third-order valence-corrected chi connectivity index (χ3v) is 10.7. The zero-order valence-corrected chi connectivity index (χ0v) is 26.4. The van der Waals surface area contributed by atoms with Gasteiger partial charge < -0.3 is 0 Å². The van der Waals surface area contributed by atoms with Crippen LogP contribution < -0.4 is 0 Å². The lowest BCUT2D eigenvalue weighted by Crippen LogP contribution is -2.37. The quantitative estimate of drug-likeness (QED) is 0.106. The van der Waals surface area contributed by atoms with E-state index in [1.165, 1.54) is 14.1 Å². The van der Waals surface area contributed by atoms with Gasteiger partial charge in [0, 0.05) is 58.2 Å². The van der Waals surface area contributed by atoms with Gasteiger partial charge in [0.1, 0.15) is 0 Å². The highest BCUT2D eigenvalue weighted by atomic mass is 16.2. The third kappa shape index (κ3) is 2.98. The van der Waals surface area contributed by atoms with Gasteiger partial charge in [-0.2, -0.15) is 0 Å². The minimum Gasteiger partial charge on any atom is -0.289 e. The predicted molar refractivity (Wildman–Crippen MR) is 184 cm³/mol. The number of nitrogens with zero attached hydrogens (tertiary/aromatic N) is 2. The van der Waals surface area contributed by atoms with Crippen LogP contribution in [-0.2, 0) is 0 Å². The van der Waals surface area contributed by atoms with E-state index in [0.29, 0.717) is 44.2 Å². The summed E-state index contributed by atoms with van der Waals surface area (Å²) in [5, 5.41) is 6.04. The second-order valence-electron chi connectivity index (χ2n) is 13.3. The minimum absolute atomic E-state index is 0.0497. The number of benzene rings is 7. The van der Waals surface area contributed by atoms with Crippen LogP contribution >= 0.6 is 0 Å². The summed E-state index contributed by atoms with van der Waals surface area (Å²) < 4.78 is 0. The van der Waals surface area contributed by atoms with Crippen LogP contribution in [-0.4, -0.2) is 53.3 Å². The number of amides is 4. The molecule has 0 fully saturated rings. The number of carbonyl (C=O) groups excluding carboxylic acids is 5. The lowest BCUT2D eigenvalue weighted by Gasteiger charge is -2.29. The average molecular weight is 625 g/mol. The van der Waals surface area contributed by atoms with Crippen LogP contribution in [0.1, 0.15) is 68.5 Å². The van der Waals surface area contributed by atoms with Crippen LogP contribution in [0, 0.1) is 13.8 Å². The van der Waals surface area contributed by atoms with E-state index < -0.39 is 5.91 Å². The second kappa shape index (κ2) is 8.57. The smallest absolute Gasteiger partial charge is 0.261 e. The summed E-state index contributed by atoms with van der Waals surface area (Å²) >= 11 is 0. The topological polar surface area (TPSA) is 91.8 Å². The van der Waals surface area contributed by atoms with Crippen LogP contribution in [0.4, 0.5) is 0 Å². The summed E-state index contributed by atoms with van der Waals surface area (Å²) in [5.41, 5.74) is 8.10. The molecule has 48 heavy (non-hydrogen) atoms. The molecule has 0 spiro atoms. The Hall–Kier alpha value is -6.21. The number of imide groups is 2. The third-order valence-electron chi connectivity index (χ3n) is 10.7. The first-order valence-electron chi connectivity index (χ1n) is 15.8. The van der Waals surface area contributed by atoms with E-state index in [1.807, 2.05) is 74.5 Å². The van der Waals surface area contributed by atoms with E-state index in [9.17, 15) is 24.0 Å². The molecule has 0 N–H and O–H groups in total. The largest absolute Gasteiger partial charge is 0.289 e. The number of aryl methyl sites for hydroxylation is 2. The van der Waals surface area contributed by atoms with Crippen molar-refractivity contribution >= 4 is 72.5 Å². The van der Waals surface area contributed by atoms with Gasteiger partial charge in [0.05, 0.1) is 0 Å². The highest BCUT2D eigenvalue weighted by Crippen LogP contribution is 2.51. The molecule has 7 nitrogen and oxygen atoms in total. The van der Waals surface area contributed by atoms with Gasteiger partial charge in [0.25, 0.3) is 23.6 Å². The summed E-state index contributed by atoms with van der Waals surface area (Å²) in [5.74, 6) is -1.55. The first-order valence-corrected chi connectivity index (χ1v) is 15.8. The average Bonchev–Trinajstić information content (AvgIpc) is 3.36. The fourth-order valence-corrected chi connectivity index (χ4v) is 8.50. The second-order valence-corrected chi connectivity index (χ2v) is 13.3. The lowest BCUT2D eigenvalue weighted by atomic mass is 9.78. The Morgan fingerprint density at radius 2 is 0.896 bits per heavy atom. The molecule has 7 aromatic carbocycles. The molecule has 0 saturated heterocycles. The molecular weight excluding hydrogens is 600 g/mol. The first-order chi connectivity index (χ1) is 23.1. The standard InChI is InChI=1S/C41H24N2O5/c1-17-5-7-20-21-8-6-19(15-28(21)37(44)27(20)13-17)26-16-30-34-25(39(46)43(4)41(30)48)11-9-22-31-18(2)14-29-33-24(38(45)42(3)40(29)47)12-10-23(35(31)33)32(26)36(22)34/h5-16H,1-4H3. The molecule has 0 bridgehead atoms. The van der Waals surface area contributed by atoms with Crippen molar-refractivity contribution in [1.82, 2.24) is 9.80 Å². The molecular formula is C41H24N2O5. The molecule has 10 rings (SSSR count). The molecule has 1 aliphatic carbocycles. The van der Waals surface area contributed by atoms with Gasteiger partial charge >= 0.3 is 0 Å². The maximum absolute atomic E-state index is 13.9. The van der Waals surface area contributed by atoms with E-state index in [-0.39, 0.29) is 23.5 Å². The van der Waals surface area contributed by atoms with E-state index in [0.717, 1.165) is 75.5 Å². The number of fused-ring (bicyclic) bond motifs is 5.